The molecule has 0 saturated carbocycles. The standard InChI is InChI=1S/C14H21N3/c1-14(2,3)10-15-9-8-13-16-11-6-4-5-7-12(11)17-13/h4-7,15H,8-10H2,1-3H3,(H,16,17). The number of nitrogens with one attached hydrogen (secondary N) is 2. The number of imidazole rings is 1. The molecule has 0 radical (unpaired) electrons. The molecule has 2 aromatic rings. The van der Waals surface area contributed by atoms with Crippen molar-refractivity contribution in [2.24, 2.45) is 5.41 Å². The maximum Gasteiger partial charge on any atom is 0.108 e. The lowest BCUT2D eigenvalue weighted by Gasteiger charge is -2.18. The highest BCUT2D eigenvalue weighted by Gasteiger charge is 2.09. The van der Waals surface area contributed by atoms with Gasteiger partial charge in [0.1, 0.15) is 5.82 Å². The van der Waals surface area contributed by atoms with Gasteiger partial charge in [0.05, 0.1) is 11.0 Å². The van der Waals surface area contributed by atoms with Crippen LogP contribution >= 0.6 is 0 Å². The molecule has 0 amide bonds. The first kappa shape index (κ1) is 12.1. The van der Waals surface area contributed by atoms with E-state index in [9.17, 15) is 0 Å². The van der Waals surface area contributed by atoms with Gasteiger partial charge in [-0.15, -0.1) is 0 Å². The Bertz CT molecular complexity index is 446. The fourth-order valence-electron chi connectivity index (χ4n) is 1.79. The van der Waals surface area contributed by atoms with Crippen molar-refractivity contribution in [2.75, 3.05) is 13.1 Å². The van der Waals surface area contributed by atoms with Gasteiger partial charge in [-0.2, -0.15) is 0 Å². The number of nitrogens with zero attached hydrogens (tertiary/aromatic N) is 1. The maximum atomic E-state index is 4.55. The largest absolute Gasteiger partial charge is 0.342 e. The van der Waals surface area contributed by atoms with E-state index in [1.807, 2.05) is 18.2 Å². The Morgan fingerprint density at radius 3 is 2.71 bits per heavy atom. The van der Waals surface area contributed by atoms with E-state index in [0.29, 0.717) is 5.41 Å². The van der Waals surface area contributed by atoms with Crippen LogP contribution in [0.25, 0.3) is 11.0 Å². The van der Waals surface area contributed by atoms with Crippen LogP contribution in [0.15, 0.2) is 24.3 Å². The van der Waals surface area contributed by atoms with Crippen LogP contribution < -0.4 is 5.32 Å². The molecule has 1 heterocycles. The summed E-state index contributed by atoms with van der Waals surface area (Å²) in [7, 11) is 0. The van der Waals surface area contributed by atoms with Gasteiger partial charge in [0, 0.05) is 19.5 Å². The van der Waals surface area contributed by atoms with Gasteiger partial charge in [-0.3, -0.25) is 0 Å². The normalized spacial score (nSPS) is 12.2. The summed E-state index contributed by atoms with van der Waals surface area (Å²) in [6.45, 7) is 8.72. The second kappa shape index (κ2) is 4.88. The second-order valence-corrected chi connectivity index (χ2v) is 5.69. The Kier molecular flexibility index (Phi) is 3.48. The van der Waals surface area contributed by atoms with Gasteiger partial charge >= 0.3 is 0 Å². The summed E-state index contributed by atoms with van der Waals surface area (Å²) < 4.78 is 0. The van der Waals surface area contributed by atoms with E-state index < -0.39 is 0 Å². The van der Waals surface area contributed by atoms with Gasteiger partial charge in [-0.05, 0) is 17.5 Å². The highest BCUT2D eigenvalue weighted by Crippen LogP contribution is 2.11. The summed E-state index contributed by atoms with van der Waals surface area (Å²) in [4.78, 5) is 7.89. The van der Waals surface area contributed by atoms with Crippen LogP contribution in [-0.2, 0) is 6.42 Å². The first-order chi connectivity index (χ1) is 8.04. The van der Waals surface area contributed by atoms with E-state index in [4.69, 9.17) is 0 Å². The first-order valence-electron chi connectivity index (χ1n) is 6.19. The van der Waals surface area contributed by atoms with E-state index in [1.165, 1.54) is 0 Å². The molecular formula is C14H21N3. The number of hydrogen-bond donors (Lipinski definition) is 2. The van der Waals surface area contributed by atoms with Crippen molar-refractivity contribution in [1.29, 1.82) is 0 Å². The molecule has 0 unspecified atom stereocenters. The van der Waals surface area contributed by atoms with Crippen LogP contribution in [0.1, 0.15) is 26.6 Å². The predicted octanol–water partition coefficient (Wildman–Crippen LogP) is 2.74. The zero-order valence-electron chi connectivity index (χ0n) is 10.9. The third-order valence-corrected chi connectivity index (χ3v) is 2.63. The zero-order valence-corrected chi connectivity index (χ0v) is 10.9. The fourth-order valence-corrected chi connectivity index (χ4v) is 1.79. The van der Waals surface area contributed by atoms with E-state index >= 15 is 0 Å². The van der Waals surface area contributed by atoms with Crippen molar-refractivity contribution in [3.05, 3.63) is 30.1 Å². The summed E-state index contributed by atoms with van der Waals surface area (Å²) in [5.74, 6) is 1.06. The molecule has 3 nitrogen and oxygen atoms in total. The van der Waals surface area contributed by atoms with Crippen LogP contribution in [0.3, 0.4) is 0 Å². The molecule has 17 heavy (non-hydrogen) atoms. The van der Waals surface area contributed by atoms with Crippen LogP contribution in [0.4, 0.5) is 0 Å². The first-order valence-corrected chi connectivity index (χ1v) is 6.19. The van der Waals surface area contributed by atoms with Crippen LogP contribution in [0.2, 0.25) is 0 Å². The number of benzene rings is 1. The number of H-pyrrole nitrogens is 1. The lowest BCUT2D eigenvalue weighted by molar-refractivity contribution is 0.381. The van der Waals surface area contributed by atoms with E-state index in [1.54, 1.807) is 0 Å². The molecule has 0 spiro atoms. The third kappa shape index (κ3) is 3.56. The number of para-hydroxylation sites is 2. The Hall–Kier alpha value is -1.35. The second-order valence-electron chi connectivity index (χ2n) is 5.69. The minimum atomic E-state index is 0.341. The molecule has 1 aromatic carbocycles. The van der Waals surface area contributed by atoms with Gasteiger partial charge < -0.3 is 10.3 Å². The number of hydrogen-bond acceptors (Lipinski definition) is 2. The van der Waals surface area contributed by atoms with Crippen molar-refractivity contribution >= 4 is 11.0 Å². The number of aromatic amines is 1. The van der Waals surface area contributed by atoms with Crippen molar-refractivity contribution in [2.45, 2.75) is 27.2 Å². The Labute approximate surface area is 103 Å². The van der Waals surface area contributed by atoms with Crippen molar-refractivity contribution in [3.8, 4) is 0 Å². The summed E-state index contributed by atoms with van der Waals surface area (Å²) in [6, 6.07) is 8.15. The summed E-state index contributed by atoms with van der Waals surface area (Å²) in [5.41, 5.74) is 2.52. The average Bonchev–Trinajstić information content (AvgIpc) is 2.65. The van der Waals surface area contributed by atoms with Crippen LogP contribution in [0.5, 0.6) is 0 Å². The maximum absolute atomic E-state index is 4.55. The molecule has 0 aliphatic rings. The van der Waals surface area contributed by atoms with Crippen molar-refractivity contribution < 1.29 is 0 Å². The van der Waals surface area contributed by atoms with Gasteiger partial charge in [0.2, 0.25) is 0 Å². The zero-order chi connectivity index (χ0) is 12.3. The number of fused-ring (bicyclic) bond motifs is 1. The summed E-state index contributed by atoms with van der Waals surface area (Å²) in [5, 5.41) is 3.46. The SMILES string of the molecule is CC(C)(C)CNCCc1nc2ccccc2[nH]1. The van der Waals surface area contributed by atoms with Gasteiger partial charge in [-0.25, -0.2) is 4.98 Å². The Morgan fingerprint density at radius 2 is 2.00 bits per heavy atom. The highest BCUT2D eigenvalue weighted by atomic mass is 14.9. The highest BCUT2D eigenvalue weighted by molar-refractivity contribution is 5.74. The molecule has 2 rings (SSSR count). The molecule has 0 saturated heterocycles. The monoisotopic (exact) mass is 231 g/mol. The molecule has 0 atom stereocenters. The molecule has 92 valence electrons. The molecule has 2 N–H and O–H groups in total. The minimum absolute atomic E-state index is 0.341. The molecule has 0 fully saturated rings. The molecule has 0 aliphatic carbocycles. The van der Waals surface area contributed by atoms with Crippen LogP contribution in [-0.4, -0.2) is 23.1 Å². The molecule has 1 aromatic heterocycles. The van der Waals surface area contributed by atoms with Gasteiger partial charge in [0.25, 0.3) is 0 Å². The predicted molar refractivity (Wildman–Crippen MR) is 72.1 cm³/mol. The van der Waals surface area contributed by atoms with E-state index in [0.717, 1.165) is 36.4 Å². The quantitative estimate of drug-likeness (QED) is 0.794. The van der Waals surface area contributed by atoms with Crippen molar-refractivity contribution in [1.82, 2.24) is 15.3 Å². The lowest BCUT2D eigenvalue weighted by atomic mass is 9.97. The van der Waals surface area contributed by atoms with E-state index in [-0.39, 0.29) is 0 Å². The molecule has 3 heteroatoms. The topological polar surface area (TPSA) is 40.7 Å². The van der Waals surface area contributed by atoms with Gasteiger partial charge in [-0.1, -0.05) is 32.9 Å². The summed E-state index contributed by atoms with van der Waals surface area (Å²) in [6.07, 6.45) is 0.949. The third-order valence-electron chi connectivity index (χ3n) is 2.63. The smallest absolute Gasteiger partial charge is 0.108 e. The number of rotatable bonds is 4. The van der Waals surface area contributed by atoms with Gasteiger partial charge in [0.15, 0.2) is 0 Å². The summed E-state index contributed by atoms with van der Waals surface area (Å²) >= 11 is 0. The minimum Gasteiger partial charge on any atom is -0.342 e. The Balaban J connectivity index is 1.87. The van der Waals surface area contributed by atoms with Crippen molar-refractivity contribution in [3.63, 3.8) is 0 Å². The lowest BCUT2D eigenvalue weighted by Crippen LogP contribution is -2.28. The average molecular weight is 231 g/mol. The van der Waals surface area contributed by atoms with Crippen LogP contribution in [0, 0.1) is 5.41 Å². The fraction of sp³-hybridized carbons (Fsp3) is 0.500. The molecular weight excluding hydrogens is 210 g/mol. The van der Waals surface area contributed by atoms with E-state index in [2.05, 4.69) is 42.1 Å². The molecule has 0 bridgehead atoms. The number of aromatic nitrogens is 2. The Morgan fingerprint density at radius 1 is 1.24 bits per heavy atom. The molecule has 0 aliphatic heterocycles.